The van der Waals surface area contributed by atoms with Gasteiger partial charge in [-0.15, -0.1) is 6.58 Å². The summed E-state index contributed by atoms with van der Waals surface area (Å²) < 4.78 is 0. The minimum atomic E-state index is 0.123. The molecular weight excluding hydrogens is 434 g/mol. The van der Waals surface area contributed by atoms with Gasteiger partial charge >= 0.3 is 0 Å². The molecule has 1 heterocycles. The van der Waals surface area contributed by atoms with Crippen LogP contribution in [-0.4, -0.2) is 24.5 Å². The Bertz CT molecular complexity index is 1290. The average Bonchev–Trinajstić information content (AvgIpc) is 3.11. The number of allylic oxidation sites excluding steroid dienone is 6. The van der Waals surface area contributed by atoms with E-state index in [1.165, 1.54) is 28.0 Å². The zero-order valence-electron chi connectivity index (χ0n) is 24.6. The Morgan fingerprint density at radius 2 is 1.92 bits per heavy atom. The molecule has 4 rings (SSSR count). The summed E-state index contributed by atoms with van der Waals surface area (Å²) in [6, 6.07) is 2.83. The van der Waals surface area contributed by atoms with E-state index in [9.17, 15) is 0 Å². The van der Waals surface area contributed by atoms with E-state index in [0.717, 1.165) is 38.6 Å². The molecule has 194 valence electrons. The SMILES string of the molecule is C=CCCC1=C(C(C)(C)C)C=C(/C(CC)=C2\CN(C)C3CCc4c(C)c(C)cc(=C)c4=C23)CC1(C)C. The maximum absolute atomic E-state index is 4.57. The number of rotatable bonds is 5. The third kappa shape index (κ3) is 4.53. The molecule has 0 bridgehead atoms. The molecule has 0 amide bonds. The number of aryl methyl sites for hydroxylation is 1. The van der Waals surface area contributed by atoms with Crippen molar-refractivity contribution in [1.29, 1.82) is 0 Å². The molecule has 1 unspecified atom stereocenters. The number of hydrogen-bond donors (Lipinski definition) is 0. The van der Waals surface area contributed by atoms with Gasteiger partial charge in [0.1, 0.15) is 0 Å². The van der Waals surface area contributed by atoms with Gasteiger partial charge in [-0.05, 0) is 125 Å². The number of likely N-dealkylation sites (tertiary alicyclic amines) is 1. The second kappa shape index (κ2) is 9.64. The summed E-state index contributed by atoms with van der Waals surface area (Å²) in [4.78, 5) is 2.60. The summed E-state index contributed by atoms with van der Waals surface area (Å²) >= 11 is 0. The first-order valence-electron chi connectivity index (χ1n) is 14.1. The van der Waals surface area contributed by atoms with Crippen molar-refractivity contribution in [2.24, 2.45) is 10.8 Å². The molecule has 1 atom stereocenters. The Morgan fingerprint density at radius 1 is 1.22 bits per heavy atom. The second-order valence-electron chi connectivity index (χ2n) is 13.2. The zero-order chi connectivity index (χ0) is 26.6. The van der Waals surface area contributed by atoms with Crippen LogP contribution < -0.4 is 10.4 Å². The molecular formula is C35H49N. The summed E-state index contributed by atoms with van der Waals surface area (Å²) in [5, 5.41) is 2.68. The molecule has 1 saturated heterocycles. The van der Waals surface area contributed by atoms with Crippen LogP contribution in [0.3, 0.4) is 0 Å². The smallest absolute Gasteiger partial charge is 0.0361 e. The molecule has 0 N–H and O–H groups in total. The lowest BCUT2D eigenvalue weighted by molar-refractivity contribution is 0.327. The Balaban J connectivity index is 2.02. The maximum Gasteiger partial charge on any atom is 0.0361 e. The molecule has 36 heavy (non-hydrogen) atoms. The molecule has 1 aromatic rings. The predicted octanol–water partition coefficient (Wildman–Crippen LogP) is 7.50. The van der Waals surface area contributed by atoms with Gasteiger partial charge in [0.05, 0.1) is 0 Å². The van der Waals surface area contributed by atoms with Gasteiger partial charge in [-0.2, -0.15) is 0 Å². The third-order valence-electron chi connectivity index (χ3n) is 9.20. The van der Waals surface area contributed by atoms with Crippen molar-refractivity contribution in [1.82, 2.24) is 4.90 Å². The van der Waals surface area contributed by atoms with Crippen LogP contribution in [-0.2, 0) is 6.42 Å². The first-order chi connectivity index (χ1) is 16.8. The van der Waals surface area contributed by atoms with E-state index >= 15 is 0 Å². The van der Waals surface area contributed by atoms with Crippen molar-refractivity contribution < 1.29 is 0 Å². The predicted molar refractivity (Wildman–Crippen MR) is 159 cm³/mol. The van der Waals surface area contributed by atoms with E-state index in [1.807, 2.05) is 0 Å². The van der Waals surface area contributed by atoms with Crippen molar-refractivity contribution >= 4 is 12.2 Å². The van der Waals surface area contributed by atoms with Gasteiger partial charge in [0, 0.05) is 12.6 Å². The van der Waals surface area contributed by atoms with Crippen LogP contribution in [0.25, 0.3) is 12.2 Å². The number of fused-ring (bicyclic) bond motifs is 2. The van der Waals surface area contributed by atoms with Gasteiger partial charge in [-0.1, -0.05) is 71.9 Å². The fourth-order valence-electron chi connectivity index (χ4n) is 7.27. The summed E-state index contributed by atoms with van der Waals surface area (Å²) in [7, 11) is 2.33. The molecule has 0 saturated carbocycles. The van der Waals surface area contributed by atoms with Gasteiger partial charge in [0.25, 0.3) is 0 Å². The molecule has 1 heteroatoms. The minimum Gasteiger partial charge on any atom is -0.295 e. The molecule has 1 nitrogen and oxygen atoms in total. The van der Waals surface area contributed by atoms with Gasteiger partial charge in [0.2, 0.25) is 0 Å². The van der Waals surface area contributed by atoms with E-state index < -0.39 is 0 Å². The van der Waals surface area contributed by atoms with Crippen LogP contribution in [0.1, 0.15) is 90.3 Å². The van der Waals surface area contributed by atoms with Crippen LogP contribution >= 0.6 is 0 Å². The Labute approximate surface area is 221 Å². The van der Waals surface area contributed by atoms with E-state index in [4.69, 9.17) is 0 Å². The Morgan fingerprint density at radius 3 is 2.53 bits per heavy atom. The highest BCUT2D eigenvalue weighted by atomic mass is 15.2. The van der Waals surface area contributed by atoms with Crippen molar-refractivity contribution in [3.05, 3.63) is 79.8 Å². The minimum absolute atomic E-state index is 0.123. The fraction of sp³-hybridized carbons (Fsp3) is 0.543. The average molecular weight is 484 g/mol. The van der Waals surface area contributed by atoms with Crippen molar-refractivity contribution in [3.8, 4) is 0 Å². The standard InChI is InChI=1S/C35H49N/c1-12-14-15-29-30(34(6,7)8)19-25(20-35(29,9)10)26(13-2)28-21-36(11)31-17-16-27-24(5)22(3)18-23(4)32(27)33(28)31/h12,18-19,31H,1,4,13-17,20-21H2,2-3,5-11H3/b28-26+. The summed E-state index contributed by atoms with van der Waals surface area (Å²) in [6.07, 6.45) is 11.4. The molecule has 0 aromatic heterocycles. The van der Waals surface area contributed by atoms with Gasteiger partial charge in [-0.3, -0.25) is 4.90 Å². The fourth-order valence-corrected chi connectivity index (χ4v) is 7.27. The molecule has 1 aromatic carbocycles. The van der Waals surface area contributed by atoms with Crippen LogP contribution in [0.5, 0.6) is 0 Å². The van der Waals surface area contributed by atoms with Crippen LogP contribution in [0.15, 0.2) is 52.7 Å². The summed E-state index contributed by atoms with van der Waals surface area (Å²) in [5.41, 5.74) is 14.2. The van der Waals surface area contributed by atoms with E-state index in [-0.39, 0.29) is 10.8 Å². The second-order valence-corrected chi connectivity index (χ2v) is 13.2. The quantitative estimate of drug-likeness (QED) is 0.392. The normalized spacial score (nSPS) is 23.4. The summed E-state index contributed by atoms with van der Waals surface area (Å²) in [6.45, 7) is 28.6. The third-order valence-corrected chi connectivity index (χ3v) is 9.20. The van der Waals surface area contributed by atoms with Crippen LogP contribution in [0.2, 0.25) is 0 Å². The number of nitrogens with zero attached hydrogens (tertiary/aromatic N) is 1. The summed E-state index contributed by atoms with van der Waals surface area (Å²) in [5.74, 6) is 0. The first kappa shape index (κ1) is 26.9. The Hall–Kier alpha value is -2.12. The first-order valence-corrected chi connectivity index (χ1v) is 14.1. The van der Waals surface area contributed by atoms with Crippen LogP contribution in [0.4, 0.5) is 0 Å². The monoisotopic (exact) mass is 483 g/mol. The largest absolute Gasteiger partial charge is 0.295 e. The van der Waals surface area contributed by atoms with E-state index in [2.05, 4.69) is 98.7 Å². The molecule has 0 spiro atoms. The molecule has 1 fully saturated rings. The van der Waals surface area contributed by atoms with Gasteiger partial charge in [-0.25, -0.2) is 0 Å². The van der Waals surface area contributed by atoms with E-state index in [1.54, 1.807) is 39.0 Å². The molecule has 3 aliphatic rings. The van der Waals surface area contributed by atoms with Crippen molar-refractivity contribution in [2.75, 3.05) is 13.6 Å². The van der Waals surface area contributed by atoms with Crippen molar-refractivity contribution in [2.45, 2.75) is 100.0 Å². The van der Waals surface area contributed by atoms with Gasteiger partial charge < -0.3 is 0 Å². The number of hydrogen-bond acceptors (Lipinski definition) is 1. The van der Waals surface area contributed by atoms with Crippen LogP contribution in [0, 0.1) is 24.7 Å². The van der Waals surface area contributed by atoms with Gasteiger partial charge in [0.15, 0.2) is 0 Å². The molecule has 2 aliphatic carbocycles. The lowest BCUT2D eigenvalue weighted by Crippen LogP contribution is -2.40. The maximum atomic E-state index is 4.57. The highest BCUT2D eigenvalue weighted by molar-refractivity contribution is 5.77. The number of likely N-dealkylation sites (N-methyl/N-ethyl adjacent to an activating group) is 1. The molecule has 1 aliphatic heterocycles. The lowest BCUT2D eigenvalue weighted by atomic mass is 9.64. The highest BCUT2D eigenvalue weighted by Gasteiger charge is 2.39. The topological polar surface area (TPSA) is 3.24 Å². The number of benzene rings is 1. The zero-order valence-corrected chi connectivity index (χ0v) is 24.6. The lowest BCUT2D eigenvalue weighted by Gasteiger charge is -2.40. The highest BCUT2D eigenvalue weighted by Crippen LogP contribution is 2.50. The van der Waals surface area contributed by atoms with Crippen molar-refractivity contribution in [3.63, 3.8) is 0 Å². The molecule has 0 radical (unpaired) electrons. The van der Waals surface area contributed by atoms with E-state index in [0.29, 0.717) is 6.04 Å². The Kier molecular flexibility index (Phi) is 7.21.